The number of rotatable bonds is 6. The summed E-state index contributed by atoms with van der Waals surface area (Å²) in [4.78, 5) is 12.3. The van der Waals surface area contributed by atoms with Crippen LogP contribution in [0.1, 0.15) is 39.8 Å². The summed E-state index contributed by atoms with van der Waals surface area (Å²) >= 11 is 0. The highest BCUT2D eigenvalue weighted by Gasteiger charge is 2.11. The topological polar surface area (TPSA) is 55.6 Å². The smallest absolute Gasteiger partial charge is 0.271 e. The van der Waals surface area contributed by atoms with E-state index in [-0.39, 0.29) is 5.91 Å². The van der Waals surface area contributed by atoms with E-state index in [9.17, 15) is 4.79 Å². The zero-order valence-electron chi connectivity index (χ0n) is 16.7. The standard InChI is InChI=1S/C23H25N3O2/c1-5-28-21-12-10-19(11-13-21)23(27)25-24-15-20-14-17(3)26(18(20)4)22-9-7-6-8-16(22)2/h6-15H,5H2,1-4H3,(H,25,27)/b24-15+. The highest BCUT2D eigenvalue weighted by molar-refractivity contribution is 5.95. The monoisotopic (exact) mass is 375 g/mol. The van der Waals surface area contributed by atoms with Crippen LogP contribution in [0, 0.1) is 20.8 Å². The Morgan fingerprint density at radius 3 is 2.50 bits per heavy atom. The molecule has 0 spiro atoms. The van der Waals surface area contributed by atoms with Crippen LogP contribution in [0.15, 0.2) is 59.7 Å². The number of carbonyl (C=O) groups is 1. The molecule has 0 aliphatic carbocycles. The number of ether oxygens (including phenoxy) is 1. The second-order valence-corrected chi connectivity index (χ2v) is 6.60. The average molecular weight is 375 g/mol. The van der Waals surface area contributed by atoms with Crippen LogP contribution >= 0.6 is 0 Å². The number of amides is 1. The van der Waals surface area contributed by atoms with Crippen LogP contribution in [-0.4, -0.2) is 23.3 Å². The van der Waals surface area contributed by atoms with Gasteiger partial charge >= 0.3 is 0 Å². The SMILES string of the molecule is CCOc1ccc(C(=O)N/N=C/c2cc(C)n(-c3ccccc3C)c2C)cc1. The number of benzene rings is 2. The highest BCUT2D eigenvalue weighted by Crippen LogP contribution is 2.22. The Labute approximate surface area is 165 Å². The number of aryl methyl sites for hydroxylation is 2. The van der Waals surface area contributed by atoms with E-state index in [0.717, 1.165) is 28.4 Å². The van der Waals surface area contributed by atoms with Gasteiger partial charge in [0, 0.05) is 28.2 Å². The maximum atomic E-state index is 12.3. The first-order chi connectivity index (χ1) is 13.5. The van der Waals surface area contributed by atoms with Crippen LogP contribution in [0.2, 0.25) is 0 Å². The van der Waals surface area contributed by atoms with Crippen LogP contribution in [-0.2, 0) is 0 Å². The van der Waals surface area contributed by atoms with Crippen molar-refractivity contribution in [1.29, 1.82) is 0 Å². The van der Waals surface area contributed by atoms with Gasteiger partial charge in [-0.15, -0.1) is 0 Å². The molecule has 0 aliphatic heterocycles. The molecular formula is C23H25N3O2. The second-order valence-electron chi connectivity index (χ2n) is 6.60. The van der Waals surface area contributed by atoms with Gasteiger partial charge in [0.15, 0.2) is 0 Å². The first-order valence-corrected chi connectivity index (χ1v) is 9.32. The van der Waals surface area contributed by atoms with Crippen molar-refractivity contribution in [3.8, 4) is 11.4 Å². The molecule has 28 heavy (non-hydrogen) atoms. The lowest BCUT2D eigenvalue weighted by atomic mass is 10.2. The Morgan fingerprint density at radius 2 is 1.82 bits per heavy atom. The van der Waals surface area contributed by atoms with Gasteiger partial charge in [0.1, 0.15) is 5.75 Å². The third-order valence-corrected chi connectivity index (χ3v) is 4.62. The van der Waals surface area contributed by atoms with Gasteiger partial charge in [-0.25, -0.2) is 5.43 Å². The van der Waals surface area contributed by atoms with Crippen LogP contribution in [0.3, 0.4) is 0 Å². The summed E-state index contributed by atoms with van der Waals surface area (Å²) in [5, 5.41) is 4.14. The molecule has 0 atom stereocenters. The molecule has 0 unspecified atom stereocenters. The zero-order valence-corrected chi connectivity index (χ0v) is 16.7. The van der Waals surface area contributed by atoms with E-state index in [1.165, 1.54) is 5.56 Å². The Kier molecular flexibility index (Phi) is 5.94. The van der Waals surface area contributed by atoms with Crippen molar-refractivity contribution in [1.82, 2.24) is 9.99 Å². The number of carbonyl (C=O) groups excluding carboxylic acids is 1. The van der Waals surface area contributed by atoms with Crippen LogP contribution in [0.4, 0.5) is 0 Å². The summed E-state index contributed by atoms with van der Waals surface area (Å²) in [6.07, 6.45) is 1.68. The summed E-state index contributed by atoms with van der Waals surface area (Å²) in [6, 6.07) is 17.3. The summed E-state index contributed by atoms with van der Waals surface area (Å²) in [7, 11) is 0. The van der Waals surface area contributed by atoms with Crippen molar-refractivity contribution in [3.63, 3.8) is 0 Å². The minimum atomic E-state index is -0.257. The van der Waals surface area contributed by atoms with Gasteiger partial charge in [0.25, 0.3) is 5.91 Å². The number of nitrogens with one attached hydrogen (secondary N) is 1. The molecule has 3 rings (SSSR count). The molecule has 5 nitrogen and oxygen atoms in total. The van der Waals surface area contributed by atoms with Gasteiger partial charge in [0.05, 0.1) is 12.8 Å². The molecule has 0 aliphatic rings. The molecule has 1 heterocycles. The molecule has 3 aromatic rings. The first-order valence-electron chi connectivity index (χ1n) is 9.32. The predicted molar refractivity (Wildman–Crippen MR) is 113 cm³/mol. The maximum Gasteiger partial charge on any atom is 0.271 e. The van der Waals surface area contributed by atoms with E-state index in [1.54, 1.807) is 30.5 Å². The predicted octanol–water partition coefficient (Wildman–Crippen LogP) is 4.57. The molecule has 0 bridgehead atoms. The summed E-state index contributed by atoms with van der Waals surface area (Å²) in [5.74, 6) is 0.484. The fourth-order valence-corrected chi connectivity index (χ4v) is 3.20. The second kappa shape index (κ2) is 8.57. The molecule has 0 fully saturated rings. The van der Waals surface area contributed by atoms with E-state index in [4.69, 9.17) is 4.74 Å². The van der Waals surface area contributed by atoms with Gasteiger partial charge in [-0.1, -0.05) is 18.2 Å². The van der Waals surface area contributed by atoms with Crippen LogP contribution < -0.4 is 10.2 Å². The lowest BCUT2D eigenvalue weighted by Gasteiger charge is -2.12. The van der Waals surface area contributed by atoms with Crippen molar-refractivity contribution in [2.75, 3.05) is 6.61 Å². The molecule has 1 N–H and O–H groups in total. The number of hydrogen-bond acceptors (Lipinski definition) is 3. The number of nitrogens with zero attached hydrogens (tertiary/aromatic N) is 2. The van der Waals surface area contributed by atoms with E-state index < -0.39 is 0 Å². The van der Waals surface area contributed by atoms with E-state index in [2.05, 4.69) is 54.1 Å². The molecule has 5 heteroatoms. The molecular weight excluding hydrogens is 350 g/mol. The Hall–Kier alpha value is -3.34. The number of para-hydroxylation sites is 1. The molecule has 1 aromatic heterocycles. The third-order valence-electron chi connectivity index (χ3n) is 4.62. The minimum Gasteiger partial charge on any atom is -0.494 e. The Balaban J connectivity index is 1.74. The number of hydrazone groups is 1. The molecule has 0 radical (unpaired) electrons. The fourth-order valence-electron chi connectivity index (χ4n) is 3.20. The van der Waals surface area contributed by atoms with Gasteiger partial charge in [0.2, 0.25) is 0 Å². The lowest BCUT2D eigenvalue weighted by Crippen LogP contribution is -2.17. The zero-order chi connectivity index (χ0) is 20.1. The average Bonchev–Trinajstić information content (AvgIpc) is 2.96. The molecule has 0 saturated carbocycles. The van der Waals surface area contributed by atoms with Crippen LogP contribution in [0.25, 0.3) is 5.69 Å². The van der Waals surface area contributed by atoms with E-state index in [0.29, 0.717) is 12.2 Å². The molecule has 2 aromatic carbocycles. The van der Waals surface area contributed by atoms with Crippen molar-refractivity contribution in [3.05, 3.63) is 82.7 Å². The third kappa shape index (κ3) is 4.14. The quantitative estimate of drug-likeness (QED) is 0.507. The van der Waals surface area contributed by atoms with E-state index in [1.807, 2.05) is 19.1 Å². The van der Waals surface area contributed by atoms with Gasteiger partial charge in [-0.3, -0.25) is 4.79 Å². The summed E-state index contributed by atoms with van der Waals surface area (Å²) < 4.78 is 7.59. The van der Waals surface area contributed by atoms with Crippen molar-refractivity contribution < 1.29 is 9.53 Å². The maximum absolute atomic E-state index is 12.3. The molecule has 0 saturated heterocycles. The van der Waals surface area contributed by atoms with Gasteiger partial charge in [-0.2, -0.15) is 5.10 Å². The van der Waals surface area contributed by atoms with Crippen LogP contribution in [0.5, 0.6) is 5.75 Å². The normalized spacial score (nSPS) is 11.0. The van der Waals surface area contributed by atoms with Crippen molar-refractivity contribution >= 4 is 12.1 Å². The Morgan fingerprint density at radius 1 is 1.11 bits per heavy atom. The Bertz CT molecular complexity index is 1000. The number of aromatic nitrogens is 1. The fraction of sp³-hybridized carbons (Fsp3) is 0.217. The molecule has 1 amide bonds. The summed E-state index contributed by atoms with van der Waals surface area (Å²) in [6.45, 7) is 8.73. The first kappa shape index (κ1) is 19.4. The molecule has 144 valence electrons. The highest BCUT2D eigenvalue weighted by atomic mass is 16.5. The summed E-state index contributed by atoms with van der Waals surface area (Å²) in [5.41, 5.74) is 8.63. The van der Waals surface area contributed by atoms with Crippen molar-refractivity contribution in [2.24, 2.45) is 5.10 Å². The minimum absolute atomic E-state index is 0.257. The van der Waals surface area contributed by atoms with E-state index >= 15 is 0 Å². The van der Waals surface area contributed by atoms with Gasteiger partial charge in [-0.05, 0) is 69.7 Å². The number of hydrogen-bond donors (Lipinski definition) is 1. The lowest BCUT2D eigenvalue weighted by molar-refractivity contribution is 0.0955. The van der Waals surface area contributed by atoms with Crippen molar-refractivity contribution in [2.45, 2.75) is 27.7 Å². The largest absolute Gasteiger partial charge is 0.494 e. The van der Waals surface area contributed by atoms with Gasteiger partial charge < -0.3 is 9.30 Å².